The van der Waals surface area contributed by atoms with Gasteiger partial charge in [0.25, 0.3) is 5.56 Å². The molecule has 1 atom stereocenters. The molecule has 1 unspecified atom stereocenters. The number of quaternary nitrogens is 1. The number of hydrogen-bond acceptors (Lipinski definition) is 5. The van der Waals surface area contributed by atoms with E-state index in [1.54, 1.807) is 12.1 Å². The van der Waals surface area contributed by atoms with E-state index in [0.717, 1.165) is 17.0 Å². The van der Waals surface area contributed by atoms with Gasteiger partial charge < -0.3 is 24.5 Å². The lowest BCUT2D eigenvalue weighted by Gasteiger charge is -2.18. The van der Waals surface area contributed by atoms with Crippen molar-refractivity contribution in [2.75, 3.05) is 13.3 Å². The number of para-hydroxylation sites is 1. The molecule has 26 heavy (non-hydrogen) atoms. The lowest BCUT2D eigenvalue weighted by Crippen LogP contribution is -3.09. The van der Waals surface area contributed by atoms with Gasteiger partial charge in [0.1, 0.15) is 18.8 Å². The molecule has 0 spiro atoms. The molecule has 7 heteroatoms. The van der Waals surface area contributed by atoms with Crippen LogP contribution in [-0.2, 0) is 13.1 Å². The molecule has 1 aliphatic rings. The maximum Gasteiger partial charge on any atom is 0.258 e. The number of nitrogens with zero attached hydrogens (tertiary/aromatic N) is 1. The van der Waals surface area contributed by atoms with Gasteiger partial charge in [-0.05, 0) is 25.1 Å². The molecular weight excluding hydrogens is 334 g/mol. The van der Waals surface area contributed by atoms with Crippen LogP contribution in [0.1, 0.15) is 18.3 Å². The first-order chi connectivity index (χ1) is 12.6. The third-order valence-corrected chi connectivity index (χ3v) is 4.59. The van der Waals surface area contributed by atoms with Gasteiger partial charge in [0.05, 0.1) is 23.0 Å². The van der Waals surface area contributed by atoms with Gasteiger partial charge in [-0.25, -0.2) is 4.98 Å². The normalized spacial score (nSPS) is 13.9. The number of aromatic nitrogens is 2. The van der Waals surface area contributed by atoms with Crippen LogP contribution in [0.4, 0.5) is 0 Å². The van der Waals surface area contributed by atoms with Crippen molar-refractivity contribution in [2.45, 2.75) is 20.0 Å². The SMILES string of the molecule is CC[NH+](Cc1nc2ccccc2c(=O)[nH]1)Cc1cc2c(cc1O)OCO2. The molecule has 7 nitrogen and oxygen atoms in total. The van der Waals surface area contributed by atoms with E-state index in [1.807, 2.05) is 24.3 Å². The Morgan fingerprint density at radius 2 is 1.96 bits per heavy atom. The summed E-state index contributed by atoms with van der Waals surface area (Å²) < 4.78 is 10.7. The molecule has 0 saturated carbocycles. The van der Waals surface area contributed by atoms with E-state index in [4.69, 9.17) is 9.47 Å². The minimum absolute atomic E-state index is 0.132. The largest absolute Gasteiger partial charge is 0.507 e. The Morgan fingerprint density at radius 3 is 2.77 bits per heavy atom. The monoisotopic (exact) mass is 354 g/mol. The third kappa shape index (κ3) is 3.09. The zero-order chi connectivity index (χ0) is 18.1. The molecule has 0 amide bonds. The Balaban J connectivity index is 1.58. The zero-order valence-electron chi connectivity index (χ0n) is 14.4. The van der Waals surface area contributed by atoms with Crippen molar-refractivity contribution in [3.63, 3.8) is 0 Å². The minimum Gasteiger partial charge on any atom is -0.507 e. The van der Waals surface area contributed by atoms with E-state index in [-0.39, 0.29) is 18.1 Å². The van der Waals surface area contributed by atoms with Gasteiger partial charge in [0, 0.05) is 6.07 Å². The maximum absolute atomic E-state index is 12.2. The molecule has 3 N–H and O–H groups in total. The number of aromatic amines is 1. The van der Waals surface area contributed by atoms with Crippen molar-refractivity contribution < 1.29 is 19.5 Å². The standard InChI is InChI=1S/C19H19N3O4/c1-2-22(9-12-7-16-17(8-15(12)23)26-11-25-16)10-18-20-14-6-4-3-5-13(14)19(24)21-18/h3-8,23H,2,9-11H2,1H3,(H,20,21,24)/p+1. The summed E-state index contributed by atoms with van der Waals surface area (Å²) in [6.45, 7) is 4.16. The van der Waals surface area contributed by atoms with Crippen LogP contribution in [0, 0.1) is 0 Å². The van der Waals surface area contributed by atoms with Crippen molar-refractivity contribution in [1.29, 1.82) is 0 Å². The van der Waals surface area contributed by atoms with Crippen LogP contribution in [0.15, 0.2) is 41.2 Å². The average molecular weight is 354 g/mol. The number of hydrogen-bond donors (Lipinski definition) is 3. The maximum atomic E-state index is 12.2. The van der Waals surface area contributed by atoms with Gasteiger partial charge in [-0.3, -0.25) is 4.79 Å². The number of benzene rings is 2. The summed E-state index contributed by atoms with van der Waals surface area (Å²) in [4.78, 5) is 20.8. The van der Waals surface area contributed by atoms with Gasteiger partial charge >= 0.3 is 0 Å². The highest BCUT2D eigenvalue weighted by Gasteiger charge is 2.20. The van der Waals surface area contributed by atoms with E-state index >= 15 is 0 Å². The Bertz CT molecular complexity index is 1020. The Morgan fingerprint density at radius 1 is 1.19 bits per heavy atom. The predicted octanol–water partition coefficient (Wildman–Crippen LogP) is 0.962. The van der Waals surface area contributed by atoms with Crippen LogP contribution < -0.4 is 19.9 Å². The fourth-order valence-electron chi connectivity index (χ4n) is 3.15. The first-order valence-corrected chi connectivity index (χ1v) is 8.57. The van der Waals surface area contributed by atoms with Gasteiger partial charge in [0.2, 0.25) is 6.79 Å². The van der Waals surface area contributed by atoms with Gasteiger partial charge in [-0.1, -0.05) is 12.1 Å². The summed E-state index contributed by atoms with van der Waals surface area (Å²) in [5.74, 6) is 2.02. The highest BCUT2D eigenvalue weighted by Crippen LogP contribution is 2.37. The van der Waals surface area contributed by atoms with Crippen molar-refractivity contribution >= 4 is 10.9 Å². The summed E-state index contributed by atoms with van der Waals surface area (Å²) in [6, 6.07) is 10.7. The van der Waals surface area contributed by atoms with E-state index < -0.39 is 0 Å². The number of aromatic hydroxyl groups is 1. The molecular formula is C19H20N3O4+. The second-order valence-corrected chi connectivity index (χ2v) is 6.32. The first-order valence-electron chi connectivity index (χ1n) is 8.57. The van der Waals surface area contributed by atoms with Crippen LogP contribution in [0.3, 0.4) is 0 Å². The molecule has 0 radical (unpaired) electrons. The average Bonchev–Trinajstić information content (AvgIpc) is 3.08. The van der Waals surface area contributed by atoms with Gasteiger partial charge in [-0.2, -0.15) is 0 Å². The van der Waals surface area contributed by atoms with Crippen molar-refractivity contribution in [3.8, 4) is 17.2 Å². The van der Waals surface area contributed by atoms with Crippen LogP contribution >= 0.6 is 0 Å². The molecule has 1 aromatic heterocycles. The number of phenols is 1. The molecule has 0 bridgehead atoms. The zero-order valence-corrected chi connectivity index (χ0v) is 14.4. The van der Waals surface area contributed by atoms with E-state index in [9.17, 15) is 9.90 Å². The fourth-order valence-corrected chi connectivity index (χ4v) is 3.15. The molecule has 0 saturated heterocycles. The smallest absolute Gasteiger partial charge is 0.258 e. The van der Waals surface area contributed by atoms with Crippen molar-refractivity contribution in [3.05, 3.63) is 58.1 Å². The summed E-state index contributed by atoms with van der Waals surface area (Å²) in [6.07, 6.45) is 0. The lowest BCUT2D eigenvalue weighted by atomic mass is 10.1. The van der Waals surface area contributed by atoms with E-state index in [0.29, 0.717) is 41.3 Å². The summed E-state index contributed by atoms with van der Waals surface area (Å²) >= 11 is 0. The Hall–Kier alpha value is -3.06. The first kappa shape index (κ1) is 16.4. The number of phenolic OH excluding ortho intramolecular Hbond substituents is 1. The molecule has 1 aliphatic heterocycles. The summed E-state index contributed by atoms with van der Waals surface area (Å²) in [5, 5.41) is 10.8. The van der Waals surface area contributed by atoms with E-state index in [1.165, 1.54) is 0 Å². The quantitative estimate of drug-likeness (QED) is 0.635. The summed E-state index contributed by atoms with van der Waals surface area (Å²) in [5.41, 5.74) is 1.33. The molecule has 2 aromatic carbocycles. The topological polar surface area (TPSA) is 88.9 Å². The molecule has 4 rings (SSSR count). The predicted molar refractivity (Wildman–Crippen MR) is 95.5 cm³/mol. The Kier molecular flexibility index (Phi) is 4.22. The fraction of sp³-hybridized carbons (Fsp3) is 0.263. The van der Waals surface area contributed by atoms with E-state index in [2.05, 4.69) is 16.9 Å². The number of fused-ring (bicyclic) bond motifs is 2. The minimum atomic E-state index is -0.132. The number of rotatable bonds is 5. The van der Waals surface area contributed by atoms with Gasteiger partial charge in [0.15, 0.2) is 17.3 Å². The second-order valence-electron chi connectivity index (χ2n) is 6.32. The number of H-pyrrole nitrogens is 1. The molecule has 0 aliphatic carbocycles. The third-order valence-electron chi connectivity index (χ3n) is 4.59. The number of ether oxygens (including phenoxy) is 2. The molecule has 2 heterocycles. The lowest BCUT2D eigenvalue weighted by molar-refractivity contribution is -0.926. The number of nitrogens with one attached hydrogen (secondary N) is 2. The van der Waals surface area contributed by atoms with Crippen LogP contribution in [-0.4, -0.2) is 28.4 Å². The molecule has 134 valence electrons. The molecule has 3 aromatic rings. The van der Waals surface area contributed by atoms with Crippen LogP contribution in [0.25, 0.3) is 10.9 Å². The second kappa shape index (κ2) is 6.68. The van der Waals surface area contributed by atoms with Gasteiger partial charge in [-0.15, -0.1) is 0 Å². The van der Waals surface area contributed by atoms with Crippen molar-refractivity contribution in [2.24, 2.45) is 0 Å². The highest BCUT2D eigenvalue weighted by molar-refractivity contribution is 5.77. The molecule has 0 fully saturated rings. The summed E-state index contributed by atoms with van der Waals surface area (Å²) in [7, 11) is 0. The van der Waals surface area contributed by atoms with Crippen LogP contribution in [0.5, 0.6) is 17.2 Å². The highest BCUT2D eigenvalue weighted by atomic mass is 16.7. The van der Waals surface area contributed by atoms with Crippen molar-refractivity contribution in [1.82, 2.24) is 9.97 Å². The van der Waals surface area contributed by atoms with Crippen LogP contribution in [0.2, 0.25) is 0 Å². The Labute approximate surface area is 149 Å².